The third-order valence-corrected chi connectivity index (χ3v) is 6.13. The Morgan fingerprint density at radius 2 is 1.75 bits per heavy atom. The molecule has 0 aliphatic heterocycles. The van der Waals surface area contributed by atoms with Crippen LogP contribution in [0.4, 0.5) is 0 Å². The van der Waals surface area contributed by atoms with Gasteiger partial charge in [0.2, 0.25) is 0 Å². The Bertz CT molecular complexity index is 803. The molecule has 4 heteroatoms. The van der Waals surface area contributed by atoms with Crippen molar-refractivity contribution in [1.82, 2.24) is 14.5 Å². The summed E-state index contributed by atoms with van der Waals surface area (Å²) in [6.07, 6.45) is 8.10. The van der Waals surface area contributed by atoms with Crippen molar-refractivity contribution in [2.75, 3.05) is 13.1 Å². The minimum absolute atomic E-state index is 0.0210. The molecule has 4 nitrogen and oxygen atoms in total. The molecule has 0 saturated heterocycles. The van der Waals surface area contributed by atoms with Gasteiger partial charge in [0.1, 0.15) is 5.82 Å². The number of aromatic nitrogens is 2. The lowest BCUT2D eigenvalue weighted by Gasteiger charge is -2.23. The van der Waals surface area contributed by atoms with Crippen LogP contribution in [-0.4, -0.2) is 33.4 Å². The van der Waals surface area contributed by atoms with E-state index >= 15 is 0 Å². The fourth-order valence-corrected chi connectivity index (χ4v) is 4.52. The number of carbonyl (C=O) groups is 1. The summed E-state index contributed by atoms with van der Waals surface area (Å²) >= 11 is 0. The molecule has 1 fully saturated rings. The summed E-state index contributed by atoms with van der Waals surface area (Å²) in [5.74, 6) is 1.97. The van der Waals surface area contributed by atoms with Crippen LogP contribution >= 0.6 is 0 Å². The van der Waals surface area contributed by atoms with Crippen molar-refractivity contribution < 1.29 is 4.79 Å². The number of nitrogens with zero attached hydrogens (tertiary/aromatic N) is 3. The van der Waals surface area contributed by atoms with Gasteiger partial charge in [-0.15, -0.1) is 0 Å². The highest BCUT2D eigenvalue weighted by molar-refractivity contribution is 5.97. The van der Waals surface area contributed by atoms with Crippen LogP contribution in [0, 0.1) is 5.92 Å². The number of amides is 1. The first-order chi connectivity index (χ1) is 13.3. The second-order valence-electron chi connectivity index (χ2n) is 9.33. The van der Waals surface area contributed by atoms with E-state index in [1.165, 1.54) is 44.0 Å². The van der Waals surface area contributed by atoms with E-state index in [4.69, 9.17) is 4.98 Å². The van der Waals surface area contributed by atoms with Crippen LogP contribution in [-0.2, 0) is 12.0 Å². The second-order valence-corrected chi connectivity index (χ2v) is 9.33. The molecule has 3 rings (SSSR count). The standard InChI is InChI=1S/C24H37N3O/c1-6-26(7-2)22(28)19-14-15-21-20(16-19)25-23(24(3,4)5)27(21)17-18-12-10-8-9-11-13-18/h14-16,18H,6-13,17H2,1-5H3. The number of imidazole rings is 1. The predicted molar refractivity (Wildman–Crippen MR) is 117 cm³/mol. The SMILES string of the molecule is CCN(CC)C(=O)c1ccc2c(c1)nc(C(C)(C)C)n2CC1CCCCCC1. The van der Waals surface area contributed by atoms with Gasteiger partial charge in [-0.05, 0) is 50.8 Å². The lowest BCUT2D eigenvalue weighted by Crippen LogP contribution is -2.30. The molecule has 154 valence electrons. The molecule has 0 radical (unpaired) electrons. The van der Waals surface area contributed by atoms with Gasteiger partial charge in [-0.3, -0.25) is 4.79 Å². The zero-order valence-corrected chi connectivity index (χ0v) is 18.4. The van der Waals surface area contributed by atoms with Crippen molar-refractivity contribution in [2.45, 2.75) is 85.1 Å². The smallest absolute Gasteiger partial charge is 0.253 e. The topological polar surface area (TPSA) is 38.1 Å². The minimum Gasteiger partial charge on any atom is -0.339 e. The first-order valence-electron chi connectivity index (χ1n) is 11.1. The van der Waals surface area contributed by atoms with Gasteiger partial charge in [0.25, 0.3) is 5.91 Å². The molecule has 1 heterocycles. The molecule has 0 spiro atoms. The molecule has 0 atom stereocenters. The zero-order valence-electron chi connectivity index (χ0n) is 18.4. The predicted octanol–water partition coefficient (Wildman–Crippen LogP) is 5.79. The molecule has 1 saturated carbocycles. The van der Waals surface area contributed by atoms with E-state index in [-0.39, 0.29) is 11.3 Å². The third-order valence-electron chi connectivity index (χ3n) is 6.13. The lowest BCUT2D eigenvalue weighted by atomic mass is 9.94. The molecule has 28 heavy (non-hydrogen) atoms. The van der Waals surface area contributed by atoms with Crippen LogP contribution in [0.25, 0.3) is 11.0 Å². The van der Waals surface area contributed by atoms with Gasteiger partial charge in [0.05, 0.1) is 11.0 Å². The van der Waals surface area contributed by atoms with Gasteiger partial charge in [-0.1, -0.05) is 46.5 Å². The Labute approximate surface area is 170 Å². The van der Waals surface area contributed by atoms with Crippen LogP contribution in [0.2, 0.25) is 0 Å². The van der Waals surface area contributed by atoms with Crippen LogP contribution in [0.15, 0.2) is 18.2 Å². The van der Waals surface area contributed by atoms with E-state index in [1.807, 2.05) is 30.9 Å². The van der Waals surface area contributed by atoms with Crippen molar-refractivity contribution in [2.24, 2.45) is 5.92 Å². The minimum atomic E-state index is -0.0210. The van der Waals surface area contributed by atoms with Gasteiger partial charge in [-0.25, -0.2) is 4.98 Å². The molecule has 0 unspecified atom stereocenters. The van der Waals surface area contributed by atoms with Gasteiger partial charge < -0.3 is 9.47 Å². The first-order valence-corrected chi connectivity index (χ1v) is 11.1. The number of rotatable bonds is 5. The summed E-state index contributed by atoms with van der Waals surface area (Å²) in [7, 11) is 0. The lowest BCUT2D eigenvalue weighted by molar-refractivity contribution is 0.0773. The van der Waals surface area contributed by atoms with Gasteiger partial charge in [-0.2, -0.15) is 0 Å². The average Bonchev–Trinajstić information content (AvgIpc) is 2.83. The van der Waals surface area contributed by atoms with E-state index in [9.17, 15) is 4.79 Å². The van der Waals surface area contributed by atoms with Crippen LogP contribution in [0.3, 0.4) is 0 Å². The molecule has 1 amide bonds. The molecule has 1 aromatic heterocycles. The summed E-state index contributed by atoms with van der Waals surface area (Å²) in [6, 6.07) is 6.10. The highest BCUT2D eigenvalue weighted by Gasteiger charge is 2.25. The highest BCUT2D eigenvalue weighted by atomic mass is 16.2. The number of benzene rings is 1. The molecule has 0 N–H and O–H groups in total. The molecule has 1 aliphatic carbocycles. The number of hydrogen-bond acceptors (Lipinski definition) is 2. The zero-order chi connectivity index (χ0) is 20.3. The van der Waals surface area contributed by atoms with Gasteiger partial charge in [0, 0.05) is 30.6 Å². The molecule has 0 bridgehead atoms. The fourth-order valence-electron chi connectivity index (χ4n) is 4.52. The van der Waals surface area contributed by atoms with E-state index in [0.717, 1.165) is 42.5 Å². The van der Waals surface area contributed by atoms with E-state index in [1.54, 1.807) is 0 Å². The maximum atomic E-state index is 12.8. The van der Waals surface area contributed by atoms with Crippen molar-refractivity contribution in [1.29, 1.82) is 0 Å². The normalized spacial score (nSPS) is 16.3. The Morgan fingerprint density at radius 3 is 2.32 bits per heavy atom. The van der Waals surface area contributed by atoms with Crippen LogP contribution < -0.4 is 0 Å². The Hall–Kier alpha value is -1.84. The van der Waals surface area contributed by atoms with Crippen molar-refractivity contribution in [3.63, 3.8) is 0 Å². The summed E-state index contributed by atoms with van der Waals surface area (Å²) in [4.78, 5) is 19.7. The van der Waals surface area contributed by atoms with E-state index in [0.29, 0.717) is 0 Å². The highest BCUT2D eigenvalue weighted by Crippen LogP contribution is 2.31. The largest absolute Gasteiger partial charge is 0.339 e. The quantitative estimate of drug-likeness (QED) is 0.613. The maximum Gasteiger partial charge on any atom is 0.253 e. The molecular weight excluding hydrogens is 346 g/mol. The second kappa shape index (κ2) is 8.67. The molecule has 1 aliphatic rings. The summed E-state index contributed by atoms with van der Waals surface area (Å²) in [5.41, 5.74) is 2.85. The Kier molecular flexibility index (Phi) is 6.47. The van der Waals surface area contributed by atoms with E-state index in [2.05, 4.69) is 31.4 Å². The molecular formula is C24H37N3O. The maximum absolute atomic E-state index is 12.8. The number of carbonyl (C=O) groups excluding carboxylic acids is 1. The number of hydrogen-bond donors (Lipinski definition) is 0. The van der Waals surface area contributed by atoms with Crippen molar-refractivity contribution in [3.05, 3.63) is 29.6 Å². The summed E-state index contributed by atoms with van der Waals surface area (Å²) in [6.45, 7) is 13.3. The van der Waals surface area contributed by atoms with Crippen molar-refractivity contribution in [3.8, 4) is 0 Å². The van der Waals surface area contributed by atoms with E-state index < -0.39 is 0 Å². The molecule has 1 aromatic carbocycles. The Balaban J connectivity index is 2.00. The van der Waals surface area contributed by atoms with Crippen LogP contribution in [0.1, 0.15) is 89.3 Å². The van der Waals surface area contributed by atoms with Crippen molar-refractivity contribution >= 4 is 16.9 Å². The van der Waals surface area contributed by atoms with Gasteiger partial charge >= 0.3 is 0 Å². The number of fused-ring (bicyclic) bond motifs is 1. The van der Waals surface area contributed by atoms with Gasteiger partial charge in [0.15, 0.2) is 0 Å². The van der Waals surface area contributed by atoms with Crippen LogP contribution in [0.5, 0.6) is 0 Å². The third kappa shape index (κ3) is 4.42. The summed E-state index contributed by atoms with van der Waals surface area (Å²) < 4.78 is 2.44. The monoisotopic (exact) mass is 383 g/mol. The molecule has 2 aromatic rings. The average molecular weight is 384 g/mol. The first kappa shape index (κ1) is 20.9. The Morgan fingerprint density at radius 1 is 1.11 bits per heavy atom. The fraction of sp³-hybridized carbons (Fsp3) is 0.667. The summed E-state index contributed by atoms with van der Waals surface area (Å²) in [5, 5.41) is 0.